The fraction of sp³-hybridized carbons (Fsp3) is 0.615. The number of hydrogen-bond acceptors (Lipinski definition) is 4. The van der Waals surface area contributed by atoms with Gasteiger partial charge in [0.2, 0.25) is 0 Å². The minimum absolute atomic E-state index is 0.0309. The van der Waals surface area contributed by atoms with E-state index >= 15 is 0 Å². The molecule has 5 nitrogen and oxygen atoms in total. The molecular formula is C13H19N3O2. The summed E-state index contributed by atoms with van der Waals surface area (Å²) in [6.07, 6.45) is 3.57. The van der Waals surface area contributed by atoms with E-state index in [4.69, 9.17) is 4.42 Å². The third-order valence-corrected chi connectivity index (χ3v) is 4.05. The van der Waals surface area contributed by atoms with Crippen molar-refractivity contribution in [3.63, 3.8) is 0 Å². The van der Waals surface area contributed by atoms with Gasteiger partial charge < -0.3 is 20.0 Å². The minimum atomic E-state index is -0.0344. The second-order valence-electron chi connectivity index (χ2n) is 5.09. The monoisotopic (exact) mass is 249 g/mol. The van der Waals surface area contributed by atoms with Crippen molar-refractivity contribution in [1.82, 2.24) is 15.5 Å². The van der Waals surface area contributed by atoms with E-state index in [1.54, 1.807) is 18.4 Å². The van der Waals surface area contributed by atoms with Gasteiger partial charge in [-0.2, -0.15) is 0 Å². The molecule has 1 spiro atoms. The van der Waals surface area contributed by atoms with Crippen LogP contribution in [0.2, 0.25) is 0 Å². The lowest BCUT2D eigenvalue weighted by molar-refractivity contribution is 0.0225. The predicted molar refractivity (Wildman–Crippen MR) is 67.4 cm³/mol. The van der Waals surface area contributed by atoms with E-state index < -0.39 is 0 Å². The molecule has 2 aliphatic rings. The highest BCUT2D eigenvalue weighted by Crippen LogP contribution is 2.29. The van der Waals surface area contributed by atoms with Gasteiger partial charge in [0.15, 0.2) is 5.76 Å². The van der Waals surface area contributed by atoms with Crippen LogP contribution in [-0.2, 0) is 0 Å². The number of piperidine rings is 1. The highest BCUT2D eigenvalue weighted by molar-refractivity contribution is 5.92. The topological polar surface area (TPSA) is 57.5 Å². The number of nitrogens with one attached hydrogen (secondary N) is 2. The number of carbonyl (C=O) groups is 1. The Kier molecular flexibility index (Phi) is 3.09. The fourth-order valence-electron chi connectivity index (χ4n) is 3.03. The predicted octanol–water partition coefficient (Wildman–Crippen LogP) is 0.447. The summed E-state index contributed by atoms with van der Waals surface area (Å²) in [5, 5.41) is 6.78. The third kappa shape index (κ3) is 1.93. The van der Waals surface area contributed by atoms with Gasteiger partial charge in [0, 0.05) is 19.6 Å². The molecule has 2 aliphatic heterocycles. The molecule has 98 valence electrons. The molecule has 3 heterocycles. The van der Waals surface area contributed by atoms with Gasteiger partial charge >= 0.3 is 0 Å². The second-order valence-corrected chi connectivity index (χ2v) is 5.09. The number of hydrogen-bond donors (Lipinski definition) is 2. The highest BCUT2D eigenvalue weighted by atomic mass is 16.3. The molecule has 0 bridgehead atoms. The van der Waals surface area contributed by atoms with Crippen LogP contribution >= 0.6 is 0 Å². The van der Waals surface area contributed by atoms with Crippen molar-refractivity contribution in [3.8, 4) is 0 Å². The van der Waals surface area contributed by atoms with Crippen LogP contribution in [0.25, 0.3) is 0 Å². The Labute approximate surface area is 107 Å². The number of nitrogens with zero attached hydrogens (tertiary/aromatic N) is 1. The Morgan fingerprint density at radius 3 is 2.83 bits per heavy atom. The molecule has 2 fully saturated rings. The number of furan rings is 1. The van der Waals surface area contributed by atoms with Gasteiger partial charge in [-0.05, 0) is 38.1 Å². The van der Waals surface area contributed by atoms with Crippen LogP contribution in [0.3, 0.4) is 0 Å². The lowest BCUT2D eigenvalue weighted by Crippen LogP contribution is -2.66. The van der Waals surface area contributed by atoms with Gasteiger partial charge in [-0.1, -0.05) is 0 Å². The van der Waals surface area contributed by atoms with Gasteiger partial charge in [-0.25, -0.2) is 0 Å². The highest BCUT2D eigenvalue weighted by Gasteiger charge is 2.43. The Morgan fingerprint density at radius 2 is 2.11 bits per heavy atom. The zero-order chi connectivity index (χ0) is 12.4. The van der Waals surface area contributed by atoms with Gasteiger partial charge in [-0.3, -0.25) is 4.79 Å². The molecule has 1 amide bonds. The van der Waals surface area contributed by atoms with E-state index in [-0.39, 0.29) is 11.4 Å². The normalized spacial score (nSPS) is 23.2. The SMILES string of the molecule is O=C(c1ccco1)N1CCNCC12CCNCC2. The molecule has 3 rings (SSSR count). The van der Waals surface area contributed by atoms with Crippen molar-refractivity contribution in [2.45, 2.75) is 18.4 Å². The average molecular weight is 249 g/mol. The lowest BCUT2D eigenvalue weighted by Gasteiger charge is -2.49. The molecule has 18 heavy (non-hydrogen) atoms. The quantitative estimate of drug-likeness (QED) is 0.758. The number of carbonyl (C=O) groups excluding carboxylic acids is 1. The summed E-state index contributed by atoms with van der Waals surface area (Å²) in [7, 11) is 0. The summed E-state index contributed by atoms with van der Waals surface area (Å²) in [5.41, 5.74) is -0.0344. The summed E-state index contributed by atoms with van der Waals surface area (Å²) in [6.45, 7) is 4.47. The standard InChI is InChI=1S/C13H19N3O2/c17-12(11-2-1-9-18-11)16-8-7-15-10-13(16)3-5-14-6-4-13/h1-2,9,14-15H,3-8,10H2. The summed E-state index contributed by atoms with van der Waals surface area (Å²) in [4.78, 5) is 14.5. The van der Waals surface area contributed by atoms with Crippen molar-refractivity contribution >= 4 is 5.91 Å². The minimum Gasteiger partial charge on any atom is -0.459 e. The van der Waals surface area contributed by atoms with Crippen LogP contribution in [0, 0.1) is 0 Å². The largest absolute Gasteiger partial charge is 0.459 e. The Hall–Kier alpha value is -1.33. The maximum Gasteiger partial charge on any atom is 0.290 e. The first kappa shape index (κ1) is 11.7. The summed E-state index contributed by atoms with van der Waals surface area (Å²) in [5.74, 6) is 0.484. The third-order valence-electron chi connectivity index (χ3n) is 4.05. The average Bonchev–Trinajstić information content (AvgIpc) is 2.93. The Morgan fingerprint density at radius 1 is 1.28 bits per heavy atom. The van der Waals surface area contributed by atoms with E-state index in [9.17, 15) is 4.79 Å². The molecule has 0 unspecified atom stereocenters. The first-order valence-corrected chi connectivity index (χ1v) is 6.59. The Bertz CT molecular complexity index is 402. The van der Waals surface area contributed by atoms with E-state index in [1.807, 2.05) is 4.90 Å². The van der Waals surface area contributed by atoms with Crippen molar-refractivity contribution in [2.75, 3.05) is 32.7 Å². The summed E-state index contributed by atoms with van der Waals surface area (Å²) in [6, 6.07) is 3.52. The molecule has 0 atom stereocenters. The van der Waals surface area contributed by atoms with Gasteiger partial charge in [0.1, 0.15) is 0 Å². The summed E-state index contributed by atoms with van der Waals surface area (Å²) < 4.78 is 5.26. The molecule has 0 radical (unpaired) electrons. The van der Waals surface area contributed by atoms with Gasteiger partial charge in [-0.15, -0.1) is 0 Å². The summed E-state index contributed by atoms with van der Waals surface area (Å²) >= 11 is 0. The molecule has 0 aromatic carbocycles. The van der Waals surface area contributed by atoms with Crippen molar-refractivity contribution < 1.29 is 9.21 Å². The van der Waals surface area contributed by atoms with Crippen LogP contribution in [0.4, 0.5) is 0 Å². The maximum absolute atomic E-state index is 12.5. The zero-order valence-corrected chi connectivity index (χ0v) is 10.4. The van der Waals surface area contributed by atoms with Crippen LogP contribution < -0.4 is 10.6 Å². The van der Waals surface area contributed by atoms with Gasteiger partial charge in [0.05, 0.1) is 11.8 Å². The molecule has 1 aromatic heterocycles. The molecule has 0 saturated carbocycles. The first-order chi connectivity index (χ1) is 8.82. The molecule has 5 heteroatoms. The van der Waals surface area contributed by atoms with E-state index in [0.717, 1.165) is 45.6 Å². The van der Waals surface area contributed by atoms with E-state index in [0.29, 0.717) is 5.76 Å². The van der Waals surface area contributed by atoms with Crippen LogP contribution in [0.15, 0.2) is 22.8 Å². The molecule has 1 aromatic rings. The zero-order valence-electron chi connectivity index (χ0n) is 10.4. The van der Waals surface area contributed by atoms with Crippen molar-refractivity contribution in [1.29, 1.82) is 0 Å². The molecule has 0 aliphatic carbocycles. The van der Waals surface area contributed by atoms with Crippen LogP contribution in [0.1, 0.15) is 23.4 Å². The van der Waals surface area contributed by atoms with Crippen molar-refractivity contribution in [2.24, 2.45) is 0 Å². The smallest absolute Gasteiger partial charge is 0.290 e. The van der Waals surface area contributed by atoms with Crippen LogP contribution in [0.5, 0.6) is 0 Å². The fourth-order valence-corrected chi connectivity index (χ4v) is 3.03. The first-order valence-electron chi connectivity index (χ1n) is 6.59. The molecule has 2 saturated heterocycles. The van der Waals surface area contributed by atoms with E-state index in [1.165, 1.54) is 0 Å². The number of rotatable bonds is 1. The molecular weight excluding hydrogens is 230 g/mol. The van der Waals surface area contributed by atoms with Gasteiger partial charge in [0.25, 0.3) is 5.91 Å². The second kappa shape index (κ2) is 4.74. The van der Waals surface area contributed by atoms with Crippen molar-refractivity contribution in [3.05, 3.63) is 24.2 Å². The lowest BCUT2D eigenvalue weighted by atomic mass is 9.84. The molecule has 2 N–H and O–H groups in total. The van der Waals surface area contributed by atoms with E-state index in [2.05, 4.69) is 10.6 Å². The Balaban J connectivity index is 1.85. The van der Waals surface area contributed by atoms with Crippen LogP contribution in [-0.4, -0.2) is 49.1 Å². The number of piperazine rings is 1. The maximum atomic E-state index is 12.5. The number of amides is 1.